The molecular formula is C14H20O7. The Balaban J connectivity index is 2.15. The van der Waals surface area contributed by atoms with E-state index in [0.717, 1.165) is 0 Å². The minimum atomic E-state index is -0.679. The average Bonchev–Trinajstić information content (AvgIpc) is 2.44. The van der Waals surface area contributed by atoms with E-state index in [4.69, 9.17) is 23.7 Å². The van der Waals surface area contributed by atoms with Gasteiger partial charge in [-0.15, -0.1) is 0 Å². The molecule has 118 valence electrons. The van der Waals surface area contributed by atoms with Crippen LogP contribution in [0.2, 0.25) is 0 Å². The second-order valence-corrected chi connectivity index (χ2v) is 5.06. The van der Waals surface area contributed by atoms with E-state index in [0.29, 0.717) is 5.57 Å². The van der Waals surface area contributed by atoms with Crippen LogP contribution in [-0.4, -0.2) is 45.2 Å². The highest BCUT2D eigenvalue weighted by atomic mass is 16.7. The summed E-state index contributed by atoms with van der Waals surface area (Å²) in [5.41, 5.74) is -0.128. The molecule has 0 spiro atoms. The quantitative estimate of drug-likeness (QED) is 0.292. The lowest BCUT2D eigenvalue weighted by Gasteiger charge is -2.31. The fourth-order valence-electron chi connectivity index (χ4n) is 1.34. The van der Waals surface area contributed by atoms with E-state index >= 15 is 0 Å². The van der Waals surface area contributed by atoms with Crippen LogP contribution in [0.15, 0.2) is 24.7 Å². The second kappa shape index (κ2) is 7.56. The normalized spacial score (nSPS) is 16.2. The Kier molecular flexibility index (Phi) is 6.08. The number of hydrogen-bond donors (Lipinski definition) is 0. The number of esters is 1. The van der Waals surface area contributed by atoms with Gasteiger partial charge < -0.3 is 23.7 Å². The molecule has 1 aliphatic heterocycles. The van der Waals surface area contributed by atoms with Gasteiger partial charge in [0.25, 0.3) is 5.95 Å². The second-order valence-electron chi connectivity index (χ2n) is 5.06. The van der Waals surface area contributed by atoms with Crippen LogP contribution in [0, 0.1) is 5.41 Å². The van der Waals surface area contributed by atoms with Crippen molar-refractivity contribution in [2.24, 2.45) is 5.41 Å². The predicted molar refractivity (Wildman–Crippen MR) is 72.2 cm³/mol. The molecular weight excluding hydrogens is 280 g/mol. The molecule has 1 fully saturated rings. The molecule has 0 aliphatic carbocycles. The molecule has 0 bridgehead atoms. The highest BCUT2D eigenvalue weighted by molar-refractivity contribution is 5.86. The van der Waals surface area contributed by atoms with Crippen LogP contribution in [0.4, 0.5) is 4.79 Å². The third-order valence-corrected chi connectivity index (χ3v) is 2.59. The van der Waals surface area contributed by atoms with Gasteiger partial charge in [-0.3, -0.25) is 0 Å². The lowest BCUT2D eigenvalue weighted by Crippen LogP contribution is -2.40. The predicted octanol–water partition coefficient (Wildman–Crippen LogP) is 1.78. The smallest absolute Gasteiger partial charge is 0.465 e. The SMILES string of the molecule is C=C(OCCOC(=O)C(=C)C)OCC1(C)COC(=O)OC1. The van der Waals surface area contributed by atoms with E-state index in [9.17, 15) is 9.59 Å². The number of hydrogen-bond acceptors (Lipinski definition) is 7. The molecule has 7 heteroatoms. The summed E-state index contributed by atoms with van der Waals surface area (Å²) in [5.74, 6) is -0.377. The molecule has 0 radical (unpaired) electrons. The summed E-state index contributed by atoms with van der Waals surface area (Å²) in [6.45, 7) is 11.3. The van der Waals surface area contributed by atoms with E-state index in [1.54, 1.807) is 6.92 Å². The zero-order valence-corrected chi connectivity index (χ0v) is 12.3. The number of cyclic esters (lactones) is 2. The Labute approximate surface area is 123 Å². The first-order valence-electron chi connectivity index (χ1n) is 6.39. The molecule has 0 N–H and O–H groups in total. The Morgan fingerprint density at radius 1 is 1.19 bits per heavy atom. The first-order valence-corrected chi connectivity index (χ1v) is 6.39. The van der Waals surface area contributed by atoms with Gasteiger partial charge in [-0.05, 0) is 20.4 Å². The molecule has 1 saturated heterocycles. The van der Waals surface area contributed by atoms with E-state index in [1.165, 1.54) is 0 Å². The molecule has 0 aromatic carbocycles. The maximum Gasteiger partial charge on any atom is 0.508 e. The van der Waals surface area contributed by atoms with Gasteiger partial charge in [0.2, 0.25) is 0 Å². The van der Waals surface area contributed by atoms with Gasteiger partial charge in [-0.1, -0.05) is 6.58 Å². The highest BCUT2D eigenvalue weighted by Gasteiger charge is 2.34. The standard InChI is InChI=1S/C14H20O7/c1-10(2)12(15)18-6-5-17-11(3)19-7-14(4)8-20-13(16)21-9-14/h1,3,5-9H2,2,4H3. The largest absolute Gasteiger partial charge is 0.508 e. The third kappa shape index (κ3) is 6.20. The van der Waals surface area contributed by atoms with Crippen LogP contribution < -0.4 is 0 Å². The molecule has 21 heavy (non-hydrogen) atoms. The van der Waals surface area contributed by atoms with Crippen molar-refractivity contribution >= 4 is 12.1 Å². The van der Waals surface area contributed by atoms with Crippen molar-refractivity contribution in [3.8, 4) is 0 Å². The summed E-state index contributed by atoms with van der Waals surface area (Å²) < 4.78 is 24.9. The number of carbonyl (C=O) groups excluding carboxylic acids is 2. The molecule has 0 unspecified atom stereocenters. The molecule has 0 atom stereocenters. The Bertz CT molecular complexity index is 417. The van der Waals surface area contributed by atoms with E-state index in [-0.39, 0.29) is 39.0 Å². The summed E-state index contributed by atoms with van der Waals surface area (Å²) in [5, 5.41) is 0. The Hall–Kier alpha value is -2.18. The van der Waals surface area contributed by atoms with Crippen molar-refractivity contribution in [1.29, 1.82) is 0 Å². The van der Waals surface area contributed by atoms with Crippen molar-refractivity contribution in [3.63, 3.8) is 0 Å². The van der Waals surface area contributed by atoms with Gasteiger partial charge in [-0.2, -0.15) is 0 Å². The molecule has 1 rings (SSSR count). The molecule has 1 heterocycles. The fourth-order valence-corrected chi connectivity index (χ4v) is 1.34. The van der Waals surface area contributed by atoms with Crippen LogP contribution in [0.3, 0.4) is 0 Å². The van der Waals surface area contributed by atoms with Crippen LogP contribution >= 0.6 is 0 Å². The monoisotopic (exact) mass is 300 g/mol. The van der Waals surface area contributed by atoms with Gasteiger partial charge in [0.05, 0.1) is 5.41 Å². The van der Waals surface area contributed by atoms with E-state index in [1.807, 2.05) is 6.92 Å². The van der Waals surface area contributed by atoms with Crippen molar-refractivity contribution in [2.45, 2.75) is 13.8 Å². The van der Waals surface area contributed by atoms with Crippen molar-refractivity contribution in [1.82, 2.24) is 0 Å². The molecule has 0 aromatic rings. The fraction of sp³-hybridized carbons (Fsp3) is 0.571. The van der Waals surface area contributed by atoms with E-state index < -0.39 is 17.5 Å². The summed E-state index contributed by atoms with van der Waals surface area (Å²) in [4.78, 5) is 21.9. The summed E-state index contributed by atoms with van der Waals surface area (Å²) in [6.07, 6.45) is -0.679. The van der Waals surface area contributed by atoms with Gasteiger partial charge in [0, 0.05) is 5.57 Å². The maximum absolute atomic E-state index is 11.1. The maximum atomic E-state index is 11.1. The number of rotatable bonds is 8. The number of carbonyl (C=O) groups is 2. The molecule has 0 aromatic heterocycles. The zero-order chi connectivity index (χ0) is 15.9. The van der Waals surface area contributed by atoms with Crippen molar-refractivity contribution in [2.75, 3.05) is 33.0 Å². The van der Waals surface area contributed by atoms with E-state index in [2.05, 4.69) is 13.2 Å². The molecule has 0 saturated carbocycles. The highest BCUT2D eigenvalue weighted by Crippen LogP contribution is 2.23. The van der Waals surface area contributed by atoms with Gasteiger partial charge in [0.15, 0.2) is 0 Å². The van der Waals surface area contributed by atoms with Gasteiger partial charge in [-0.25, -0.2) is 9.59 Å². The summed E-state index contributed by atoms with van der Waals surface area (Å²) >= 11 is 0. The first-order chi connectivity index (χ1) is 9.82. The van der Waals surface area contributed by atoms with Crippen molar-refractivity contribution < 1.29 is 33.3 Å². The average molecular weight is 300 g/mol. The first kappa shape index (κ1) is 16.9. The minimum Gasteiger partial charge on any atom is -0.465 e. The van der Waals surface area contributed by atoms with Crippen molar-refractivity contribution in [3.05, 3.63) is 24.7 Å². The van der Waals surface area contributed by atoms with Gasteiger partial charge >= 0.3 is 12.1 Å². The third-order valence-electron chi connectivity index (χ3n) is 2.59. The lowest BCUT2D eigenvalue weighted by molar-refractivity contribution is -0.141. The Morgan fingerprint density at radius 3 is 2.33 bits per heavy atom. The topological polar surface area (TPSA) is 80.3 Å². The van der Waals surface area contributed by atoms with Crippen LogP contribution in [0.5, 0.6) is 0 Å². The Morgan fingerprint density at radius 2 is 1.76 bits per heavy atom. The number of ether oxygens (including phenoxy) is 5. The molecule has 0 amide bonds. The van der Waals surface area contributed by atoms with Crippen LogP contribution in [0.1, 0.15) is 13.8 Å². The summed E-state index contributed by atoms with van der Waals surface area (Å²) in [6, 6.07) is 0. The molecule has 1 aliphatic rings. The zero-order valence-electron chi connectivity index (χ0n) is 12.3. The van der Waals surface area contributed by atoms with Gasteiger partial charge in [0.1, 0.15) is 33.0 Å². The lowest BCUT2D eigenvalue weighted by atomic mass is 9.94. The van der Waals surface area contributed by atoms with Crippen LogP contribution in [-0.2, 0) is 28.5 Å². The summed E-state index contributed by atoms with van der Waals surface area (Å²) in [7, 11) is 0. The minimum absolute atomic E-state index is 0.0755. The van der Waals surface area contributed by atoms with Crippen LogP contribution in [0.25, 0.3) is 0 Å². The molecule has 7 nitrogen and oxygen atoms in total.